The van der Waals surface area contributed by atoms with Gasteiger partial charge >= 0.3 is 13.3 Å². The molecule has 1 aromatic carbocycles. The van der Waals surface area contributed by atoms with Crippen molar-refractivity contribution in [3.63, 3.8) is 0 Å². The minimum absolute atomic E-state index is 0.0261. The van der Waals surface area contributed by atoms with Gasteiger partial charge in [-0.25, -0.2) is 0 Å². The third-order valence-electron chi connectivity index (χ3n) is 2.40. The fourth-order valence-corrected chi connectivity index (χ4v) is 1.46. The largest absolute Gasteiger partial charge is 0.491 e. The first-order valence-electron chi connectivity index (χ1n) is 6.12. The van der Waals surface area contributed by atoms with Gasteiger partial charge in [0.15, 0.2) is 0 Å². The van der Waals surface area contributed by atoms with Gasteiger partial charge in [0.2, 0.25) is 0 Å². The molecule has 0 saturated carbocycles. The minimum Gasteiger partial charge on any atom is -0.491 e. The quantitative estimate of drug-likeness (QED) is 0.556. The number of rotatable bonds is 8. The van der Waals surface area contributed by atoms with Crippen molar-refractivity contribution < 1.29 is 32.7 Å². The summed E-state index contributed by atoms with van der Waals surface area (Å²) in [6.07, 6.45) is -5.08. The van der Waals surface area contributed by atoms with E-state index in [1.807, 2.05) is 0 Å². The molecule has 0 heterocycles. The lowest BCUT2D eigenvalue weighted by molar-refractivity contribution is -0.138. The summed E-state index contributed by atoms with van der Waals surface area (Å²) in [6.45, 7) is 0.374. The van der Waals surface area contributed by atoms with Crippen molar-refractivity contribution in [1.82, 2.24) is 0 Å². The number of benzene rings is 1. The van der Waals surface area contributed by atoms with E-state index in [-0.39, 0.29) is 26.2 Å². The second-order valence-corrected chi connectivity index (χ2v) is 4.13. The Morgan fingerprint density at radius 1 is 1.10 bits per heavy atom. The van der Waals surface area contributed by atoms with Crippen LogP contribution in [0.1, 0.15) is 12.8 Å². The maximum Gasteiger partial charge on any atom is 0.488 e. The second kappa shape index (κ2) is 8.13. The number of alkyl halides is 3. The lowest BCUT2D eigenvalue weighted by atomic mass is 9.80. The van der Waals surface area contributed by atoms with E-state index in [4.69, 9.17) is 19.5 Å². The summed E-state index contributed by atoms with van der Waals surface area (Å²) in [7, 11) is -1.57. The fraction of sp³-hybridized carbons (Fsp3) is 0.500. The van der Waals surface area contributed by atoms with Crippen LogP contribution in [-0.2, 0) is 4.74 Å². The molecule has 20 heavy (non-hydrogen) atoms. The third-order valence-corrected chi connectivity index (χ3v) is 2.40. The first kappa shape index (κ1) is 16.8. The van der Waals surface area contributed by atoms with Crippen molar-refractivity contribution in [2.75, 3.05) is 19.8 Å². The molecule has 0 radical (unpaired) electrons. The minimum atomic E-state index is -4.15. The Morgan fingerprint density at radius 2 is 1.85 bits per heavy atom. The van der Waals surface area contributed by atoms with E-state index in [1.54, 1.807) is 12.1 Å². The molecule has 1 aromatic rings. The molecule has 0 bridgehead atoms. The highest BCUT2D eigenvalue weighted by Crippen LogP contribution is 2.20. The van der Waals surface area contributed by atoms with Gasteiger partial charge in [0, 0.05) is 13.0 Å². The van der Waals surface area contributed by atoms with Crippen molar-refractivity contribution in [2.24, 2.45) is 0 Å². The van der Waals surface area contributed by atoms with Gasteiger partial charge in [-0.05, 0) is 24.0 Å². The molecule has 0 amide bonds. The molecule has 0 aromatic heterocycles. The molecule has 0 aliphatic carbocycles. The molecule has 4 nitrogen and oxygen atoms in total. The molecule has 112 valence electrons. The van der Waals surface area contributed by atoms with Crippen LogP contribution in [0, 0.1) is 0 Å². The Kier molecular flexibility index (Phi) is 6.84. The summed E-state index contributed by atoms with van der Waals surface area (Å²) in [5, 5.41) is 17.9. The van der Waals surface area contributed by atoms with Gasteiger partial charge in [-0.2, -0.15) is 13.2 Å². The van der Waals surface area contributed by atoms with E-state index in [1.165, 1.54) is 12.1 Å². The lowest BCUT2D eigenvalue weighted by Gasteiger charge is -2.09. The van der Waals surface area contributed by atoms with Crippen LogP contribution < -0.4 is 10.2 Å². The fourth-order valence-electron chi connectivity index (χ4n) is 1.46. The van der Waals surface area contributed by atoms with Gasteiger partial charge in [-0.3, -0.25) is 0 Å². The second-order valence-electron chi connectivity index (χ2n) is 4.13. The highest BCUT2D eigenvalue weighted by atomic mass is 19.4. The highest BCUT2D eigenvalue weighted by molar-refractivity contribution is 6.58. The first-order valence-corrected chi connectivity index (χ1v) is 6.12. The molecule has 0 aliphatic rings. The molecule has 0 saturated heterocycles. The Balaban J connectivity index is 2.14. The Hall–Kier alpha value is -1.25. The summed E-state index contributed by atoms with van der Waals surface area (Å²) in [5.41, 5.74) is 0.300. The molecule has 0 fully saturated rings. The normalized spacial score (nSPS) is 11.4. The van der Waals surface area contributed by atoms with Crippen LogP contribution in [0.15, 0.2) is 24.3 Å². The number of hydrogen-bond acceptors (Lipinski definition) is 4. The maximum atomic E-state index is 11.8. The van der Waals surface area contributed by atoms with E-state index in [0.717, 1.165) is 0 Å². The van der Waals surface area contributed by atoms with E-state index in [0.29, 0.717) is 11.2 Å². The van der Waals surface area contributed by atoms with Gasteiger partial charge in [0.25, 0.3) is 0 Å². The number of hydrogen-bond donors (Lipinski definition) is 2. The van der Waals surface area contributed by atoms with Gasteiger partial charge in [0.05, 0.1) is 6.61 Å². The van der Waals surface area contributed by atoms with E-state index in [9.17, 15) is 13.2 Å². The third kappa shape index (κ3) is 7.37. The Bertz CT molecular complexity index is 399. The highest BCUT2D eigenvalue weighted by Gasteiger charge is 2.25. The van der Waals surface area contributed by atoms with Crippen LogP contribution in [0.3, 0.4) is 0 Å². The van der Waals surface area contributed by atoms with Gasteiger partial charge in [0.1, 0.15) is 12.4 Å². The molecule has 0 unspecified atom stereocenters. The predicted octanol–water partition coefficient (Wildman–Crippen LogP) is 1.10. The molecule has 1 rings (SSSR count). The zero-order valence-corrected chi connectivity index (χ0v) is 10.8. The number of halogens is 3. The van der Waals surface area contributed by atoms with E-state index in [2.05, 4.69) is 0 Å². The number of ether oxygens (including phenoxy) is 2. The van der Waals surface area contributed by atoms with Crippen LogP contribution in [0.25, 0.3) is 0 Å². The van der Waals surface area contributed by atoms with Crippen LogP contribution in [0.2, 0.25) is 0 Å². The average Bonchev–Trinajstić information content (AvgIpc) is 2.36. The standard InChI is InChI=1S/C12H16BF3O4/c14-12(15,16)5-2-6-19-7-8-20-11-4-1-3-10(9-11)13(17)18/h1,3-4,9,17-18H,2,5-8H2. The van der Waals surface area contributed by atoms with Crippen molar-refractivity contribution in [1.29, 1.82) is 0 Å². The molecule has 2 N–H and O–H groups in total. The van der Waals surface area contributed by atoms with E-state index >= 15 is 0 Å². The summed E-state index contributed by atoms with van der Waals surface area (Å²) >= 11 is 0. The van der Waals surface area contributed by atoms with Crippen LogP contribution >= 0.6 is 0 Å². The molecule has 0 atom stereocenters. The Labute approximate surface area is 115 Å². The molecular formula is C12H16BF3O4. The van der Waals surface area contributed by atoms with E-state index < -0.39 is 19.7 Å². The maximum absolute atomic E-state index is 11.8. The van der Waals surface area contributed by atoms with Crippen molar-refractivity contribution in [3.8, 4) is 5.75 Å². The average molecular weight is 292 g/mol. The predicted molar refractivity (Wildman–Crippen MR) is 67.9 cm³/mol. The topological polar surface area (TPSA) is 58.9 Å². The zero-order chi connectivity index (χ0) is 15.0. The van der Waals surface area contributed by atoms with Crippen molar-refractivity contribution in [2.45, 2.75) is 19.0 Å². The summed E-state index contributed by atoms with van der Waals surface area (Å²) in [5.74, 6) is 0.439. The van der Waals surface area contributed by atoms with Crippen molar-refractivity contribution in [3.05, 3.63) is 24.3 Å². The Morgan fingerprint density at radius 3 is 2.50 bits per heavy atom. The van der Waals surface area contributed by atoms with Crippen LogP contribution in [0.4, 0.5) is 13.2 Å². The lowest BCUT2D eigenvalue weighted by Crippen LogP contribution is -2.29. The monoisotopic (exact) mass is 292 g/mol. The van der Waals surface area contributed by atoms with Gasteiger partial charge < -0.3 is 19.5 Å². The van der Waals surface area contributed by atoms with Crippen LogP contribution in [-0.4, -0.2) is 43.2 Å². The van der Waals surface area contributed by atoms with Gasteiger partial charge in [-0.15, -0.1) is 0 Å². The molecular weight excluding hydrogens is 276 g/mol. The van der Waals surface area contributed by atoms with Crippen LogP contribution in [0.5, 0.6) is 5.75 Å². The first-order chi connectivity index (χ1) is 9.38. The van der Waals surface area contributed by atoms with Crippen molar-refractivity contribution >= 4 is 12.6 Å². The SMILES string of the molecule is OB(O)c1cccc(OCCOCCCC(F)(F)F)c1. The molecule has 0 aliphatic heterocycles. The van der Waals surface area contributed by atoms with Gasteiger partial charge in [-0.1, -0.05) is 12.1 Å². The summed E-state index contributed by atoms with van der Waals surface area (Å²) in [6, 6.07) is 6.24. The zero-order valence-electron chi connectivity index (χ0n) is 10.8. The summed E-state index contributed by atoms with van der Waals surface area (Å²) in [4.78, 5) is 0. The smallest absolute Gasteiger partial charge is 0.488 e. The molecule has 8 heteroatoms. The molecule has 0 spiro atoms. The summed E-state index contributed by atoms with van der Waals surface area (Å²) < 4.78 is 45.8.